The monoisotopic (exact) mass is 265 g/mol. The fourth-order valence-corrected chi connectivity index (χ4v) is 2.66. The quantitative estimate of drug-likeness (QED) is 0.900. The van der Waals surface area contributed by atoms with Crippen LogP contribution in [-0.2, 0) is 16.0 Å². The predicted molar refractivity (Wildman–Crippen MR) is 72.9 cm³/mol. The molecule has 0 radical (unpaired) electrons. The zero-order chi connectivity index (χ0) is 14.0. The van der Waals surface area contributed by atoms with Crippen LogP contribution < -0.4 is 0 Å². The van der Waals surface area contributed by atoms with Gasteiger partial charge in [0.1, 0.15) is 0 Å². The van der Waals surface area contributed by atoms with Crippen molar-refractivity contribution in [3.63, 3.8) is 0 Å². The van der Waals surface area contributed by atoms with E-state index in [-0.39, 0.29) is 12.0 Å². The van der Waals surface area contributed by atoms with Gasteiger partial charge in [0.15, 0.2) is 0 Å². The molecule has 0 saturated carbocycles. The second-order valence-electron chi connectivity index (χ2n) is 5.47. The van der Waals surface area contributed by atoms with Gasteiger partial charge in [-0.1, -0.05) is 6.92 Å². The lowest BCUT2D eigenvalue weighted by Crippen LogP contribution is -2.47. The normalized spacial score (nSPS) is 23.7. The van der Waals surface area contributed by atoms with Crippen LogP contribution in [0.5, 0.6) is 0 Å². The molecule has 2 atom stereocenters. The smallest absolute Gasteiger partial charge is 0.227 e. The van der Waals surface area contributed by atoms with Crippen LogP contribution in [0, 0.1) is 19.8 Å². The summed E-state index contributed by atoms with van der Waals surface area (Å²) in [6, 6.07) is 0. The summed E-state index contributed by atoms with van der Waals surface area (Å²) in [4.78, 5) is 14.3. The van der Waals surface area contributed by atoms with Gasteiger partial charge in [-0.05, 0) is 26.2 Å². The minimum absolute atomic E-state index is 0.157. The minimum atomic E-state index is 0.157. The van der Waals surface area contributed by atoms with Gasteiger partial charge in [0, 0.05) is 31.5 Å². The summed E-state index contributed by atoms with van der Waals surface area (Å²) in [6.07, 6.45) is 1.59. The Bertz CT molecular complexity index is 436. The maximum absolute atomic E-state index is 12.4. The Morgan fingerprint density at radius 2 is 2.26 bits per heavy atom. The second kappa shape index (κ2) is 5.74. The van der Waals surface area contributed by atoms with Crippen molar-refractivity contribution in [3.05, 3.63) is 17.0 Å². The summed E-state index contributed by atoms with van der Waals surface area (Å²) in [5.74, 6) is 0.688. The average molecular weight is 265 g/mol. The maximum atomic E-state index is 12.4. The van der Waals surface area contributed by atoms with Crippen LogP contribution in [0.3, 0.4) is 0 Å². The van der Waals surface area contributed by atoms with Crippen LogP contribution in [0.25, 0.3) is 0 Å². The molecular weight excluding hydrogens is 242 g/mol. The molecule has 1 N–H and O–H groups in total. The first-order chi connectivity index (χ1) is 9.02. The molecule has 5 heteroatoms. The van der Waals surface area contributed by atoms with Crippen molar-refractivity contribution in [1.82, 2.24) is 15.1 Å². The van der Waals surface area contributed by atoms with Crippen molar-refractivity contribution >= 4 is 5.91 Å². The molecular formula is C14H23N3O2. The van der Waals surface area contributed by atoms with E-state index in [4.69, 9.17) is 4.74 Å². The lowest BCUT2D eigenvalue weighted by atomic mass is 9.95. The molecule has 0 unspecified atom stereocenters. The number of hydrogen-bond donors (Lipinski definition) is 1. The highest BCUT2D eigenvalue weighted by Gasteiger charge is 2.29. The van der Waals surface area contributed by atoms with E-state index < -0.39 is 0 Å². The lowest BCUT2D eigenvalue weighted by Gasteiger charge is -2.36. The van der Waals surface area contributed by atoms with Gasteiger partial charge >= 0.3 is 0 Å². The van der Waals surface area contributed by atoms with Crippen molar-refractivity contribution in [3.8, 4) is 0 Å². The third-order valence-corrected chi connectivity index (χ3v) is 4.15. The summed E-state index contributed by atoms with van der Waals surface area (Å²) in [5, 5.41) is 7.06. The Morgan fingerprint density at radius 3 is 2.84 bits per heavy atom. The first kappa shape index (κ1) is 14.1. The molecule has 1 aromatic heterocycles. The molecule has 1 saturated heterocycles. The van der Waals surface area contributed by atoms with Crippen LogP contribution in [-0.4, -0.2) is 47.3 Å². The number of amides is 1. The van der Waals surface area contributed by atoms with E-state index in [0.717, 1.165) is 29.9 Å². The van der Waals surface area contributed by atoms with Crippen LogP contribution in [0.1, 0.15) is 30.3 Å². The number of rotatable bonds is 3. The Kier molecular flexibility index (Phi) is 4.24. The number of aromatic nitrogens is 2. The van der Waals surface area contributed by atoms with Crippen molar-refractivity contribution < 1.29 is 9.53 Å². The molecule has 1 amide bonds. The van der Waals surface area contributed by atoms with Gasteiger partial charge in [-0.3, -0.25) is 9.89 Å². The van der Waals surface area contributed by atoms with E-state index in [0.29, 0.717) is 18.9 Å². The zero-order valence-electron chi connectivity index (χ0n) is 12.2. The molecule has 2 heterocycles. The summed E-state index contributed by atoms with van der Waals surface area (Å²) < 4.78 is 5.45. The van der Waals surface area contributed by atoms with E-state index in [2.05, 4.69) is 17.1 Å². The van der Waals surface area contributed by atoms with Crippen molar-refractivity contribution in [2.24, 2.45) is 5.92 Å². The zero-order valence-corrected chi connectivity index (χ0v) is 12.2. The number of H-pyrrole nitrogens is 1. The first-order valence-corrected chi connectivity index (χ1v) is 6.84. The van der Waals surface area contributed by atoms with Crippen LogP contribution in [0.15, 0.2) is 0 Å². The van der Waals surface area contributed by atoms with Gasteiger partial charge in [0.05, 0.1) is 18.2 Å². The molecule has 106 valence electrons. The van der Waals surface area contributed by atoms with Gasteiger partial charge in [0.25, 0.3) is 0 Å². The number of hydrogen-bond acceptors (Lipinski definition) is 3. The average Bonchev–Trinajstić information content (AvgIpc) is 2.71. The number of methoxy groups -OCH3 is 1. The molecule has 0 spiro atoms. The van der Waals surface area contributed by atoms with Gasteiger partial charge in [-0.25, -0.2) is 0 Å². The summed E-state index contributed by atoms with van der Waals surface area (Å²) >= 11 is 0. The number of aromatic amines is 1. The lowest BCUT2D eigenvalue weighted by molar-refractivity contribution is -0.135. The van der Waals surface area contributed by atoms with E-state index >= 15 is 0 Å². The summed E-state index contributed by atoms with van der Waals surface area (Å²) in [7, 11) is 1.72. The molecule has 1 aromatic rings. The van der Waals surface area contributed by atoms with E-state index in [9.17, 15) is 4.79 Å². The molecule has 0 aliphatic carbocycles. The van der Waals surface area contributed by atoms with E-state index in [1.54, 1.807) is 7.11 Å². The minimum Gasteiger partial charge on any atom is -0.379 e. The maximum Gasteiger partial charge on any atom is 0.227 e. The van der Waals surface area contributed by atoms with Crippen molar-refractivity contribution in [2.45, 2.75) is 39.7 Å². The number of aryl methyl sites for hydroxylation is 2. The van der Waals surface area contributed by atoms with Crippen molar-refractivity contribution in [2.75, 3.05) is 20.2 Å². The molecule has 2 rings (SSSR count). The third-order valence-electron chi connectivity index (χ3n) is 4.15. The number of carbonyl (C=O) groups is 1. The van der Waals surface area contributed by atoms with Crippen molar-refractivity contribution in [1.29, 1.82) is 0 Å². The van der Waals surface area contributed by atoms with Gasteiger partial charge in [-0.2, -0.15) is 5.10 Å². The summed E-state index contributed by atoms with van der Waals surface area (Å²) in [5.41, 5.74) is 2.93. The van der Waals surface area contributed by atoms with E-state index in [1.807, 2.05) is 18.7 Å². The van der Waals surface area contributed by atoms with Gasteiger partial charge in [-0.15, -0.1) is 0 Å². The second-order valence-corrected chi connectivity index (χ2v) is 5.47. The Hall–Kier alpha value is -1.36. The highest BCUT2D eigenvalue weighted by molar-refractivity contribution is 5.79. The van der Waals surface area contributed by atoms with Crippen LogP contribution >= 0.6 is 0 Å². The molecule has 0 bridgehead atoms. The molecule has 1 fully saturated rings. The van der Waals surface area contributed by atoms with E-state index in [1.165, 1.54) is 0 Å². The molecule has 5 nitrogen and oxygen atoms in total. The van der Waals surface area contributed by atoms with Gasteiger partial charge in [0.2, 0.25) is 5.91 Å². The van der Waals surface area contributed by atoms with Gasteiger partial charge < -0.3 is 9.64 Å². The number of likely N-dealkylation sites (tertiary alicyclic amines) is 1. The molecule has 1 aliphatic heterocycles. The Labute approximate surface area is 114 Å². The Morgan fingerprint density at radius 1 is 1.53 bits per heavy atom. The number of nitrogens with zero attached hydrogens (tertiary/aromatic N) is 2. The topological polar surface area (TPSA) is 58.2 Å². The molecule has 1 aliphatic rings. The largest absolute Gasteiger partial charge is 0.379 e. The SMILES string of the molecule is CO[C@@H]1CN(C(=O)Cc2c(C)n[nH]c2C)CC[C@H]1C. The van der Waals surface area contributed by atoms with Crippen LogP contribution in [0.2, 0.25) is 0 Å². The number of ether oxygens (including phenoxy) is 1. The summed E-state index contributed by atoms with van der Waals surface area (Å²) in [6.45, 7) is 7.60. The highest BCUT2D eigenvalue weighted by atomic mass is 16.5. The standard InChI is InChI=1S/C14H23N3O2/c1-9-5-6-17(8-13(9)19-4)14(18)7-12-10(2)15-16-11(12)3/h9,13H,5-8H2,1-4H3,(H,15,16)/t9-,13-/m1/s1. The Balaban J connectivity index is 2.01. The predicted octanol–water partition coefficient (Wildman–Crippen LogP) is 1.45. The molecule has 19 heavy (non-hydrogen) atoms. The first-order valence-electron chi connectivity index (χ1n) is 6.84. The number of piperidine rings is 1. The number of nitrogens with one attached hydrogen (secondary N) is 1. The van der Waals surface area contributed by atoms with Crippen LogP contribution in [0.4, 0.5) is 0 Å². The highest BCUT2D eigenvalue weighted by Crippen LogP contribution is 2.21. The fourth-order valence-electron chi connectivity index (χ4n) is 2.66. The number of carbonyl (C=O) groups excluding carboxylic acids is 1. The molecule has 0 aromatic carbocycles. The fraction of sp³-hybridized carbons (Fsp3) is 0.714. The third kappa shape index (κ3) is 2.97.